The Morgan fingerprint density at radius 3 is 2.86 bits per heavy atom. The SMILES string of the molecule is C=CCN1CC(CO)C(SNC(=O)NC(=O)c2ccccc2)(c2cncs2)C1. The highest BCUT2D eigenvalue weighted by molar-refractivity contribution is 7.99. The van der Waals surface area contributed by atoms with Crippen LogP contribution in [0.3, 0.4) is 0 Å². The number of carbonyl (C=O) groups excluding carboxylic acids is 2. The van der Waals surface area contributed by atoms with Crippen LogP contribution in [0.25, 0.3) is 0 Å². The van der Waals surface area contributed by atoms with Crippen molar-refractivity contribution in [1.29, 1.82) is 0 Å². The van der Waals surface area contributed by atoms with Crippen molar-refractivity contribution >= 4 is 35.2 Å². The number of rotatable bonds is 7. The van der Waals surface area contributed by atoms with E-state index in [0.29, 0.717) is 25.2 Å². The Kier molecular flexibility index (Phi) is 6.84. The Labute approximate surface area is 172 Å². The first-order valence-corrected chi connectivity index (χ1v) is 10.5. The maximum Gasteiger partial charge on any atom is 0.331 e. The zero-order chi connectivity index (χ0) is 20.0. The summed E-state index contributed by atoms with van der Waals surface area (Å²) in [7, 11) is 0. The number of benzene rings is 1. The largest absolute Gasteiger partial charge is 0.396 e. The highest BCUT2D eigenvalue weighted by Crippen LogP contribution is 2.48. The predicted molar refractivity (Wildman–Crippen MR) is 111 cm³/mol. The predicted octanol–water partition coefficient (Wildman–Crippen LogP) is 2.24. The van der Waals surface area contributed by atoms with Crippen molar-refractivity contribution < 1.29 is 14.7 Å². The summed E-state index contributed by atoms with van der Waals surface area (Å²) in [6, 6.07) is 7.95. The van der Waals surface area contributed by atoms with Crippen LogP contribution in [0.1, 0.15) is 15.2 Å². The molecule has 1 fully saturated rings. The van der Waals surface area contributed by atoms with Crippen LogP contribution in [0.5, 0.6) is 0 Å². The number of carbonyl (C=O) groups is 2. The minimum Gasteiger partial charge on any atom is -0.396 e. The minimum atomic E-state index is -0.596. The molecule has 148 valence electrons. The smallest absolute Gasteiger partial charge is 0.331 e. The van der Waals surface area contributed by atoms with Crippen molar-refractivity contribution in [3.63, 3.8) is 0 Å². The molecule has 3 rings (SSSR count). The first kappa shape index (κ1) is 20.5. The average Bonchev–Trinajstić information content (AvgIpc) is 3.36. The van der Waals surface area contributed by atoms with Gasteiger partial charge in [-0.2, -0.15) is 0 Å². The van der Waals surface area contributed by atoms with E-state index in [9.17, 15) is 14.7 Å². The standard InChI is InChI=1S/C19H22N4O3S2/c1-2-8-23-10-15(11-24)19(12-23,16-9-20-13-27-16)28-22-18(26)21-17(25)14-6-4-3-5-7-14/h2-7,9,13,15,24H,1,8,10-12H2,(H2,21,22,25,26). The second-order valence-electron chi connectivity index (χ2n) is 6.47. The first-order chi connectivity index (χ1) is 13.6. The number of aromatic nitrogens is 1. The zero-order valence-corrected chi connectivity index (χ0v) is 16.8. The number of imide groups is 1. The molecular formula is C19H22N4O3S2. The summed E-state index contributed by atoms with van der Waals surface area (Å²) in [5.41, 5.74) is 2.15. The summed E-state index contributed by atoms with van der Waals surface area (Å²) in [6.45, 7) is 5.76. The highest BCUT2D eigenvalue weighted by Gasteiger charge is 2.49. The lowest BCUT2D eigenvalue weighted by Crippen LogP contribution is -2.42. The van der Waals surface area contributed by atoms with Gasteiger partial charge in [0, 0.05) is 48.8 Å². The molecule has 3 N–H and O–H groups in total. The maximum atomic E-state index is 12.3. The fourth-order valence-corrected chi connectivity index (χ4v) is 5.41. The lowest BCUT2D eigenvalue weighted by molar-refractivity contribution is 0.0965. The van der Waals surface area contributed by atoms with E-state index in [4.69, 9.17) is 0 Å². The fraction of sp³-hybridized carbons (Fsp3) is 0.316. The van der Waals surface area contributed by atoms with Crippen molar-refractivity contribution in [2.24, 2.45) is 5.92 Å². The van der Waals surface area contributed by atoms with Crippen molar-refractivity contribution in [3.8, 4) is 0 Å². The van der Waals surface area contributed by atoms with E-state index in [-0.39, 0.29) is 12.5 Å². The number of nitrogens with zero attached hydrogens (tertiary/aromatic N) is 2. The van der Waals surface area contributed by atoms with Crippen LogP contribution in [0, 0.1) is 5.92 Å². The van der Waals surface area contributed by atoms with E-state index >= 15 is 0 Å². The van der Waals surface area contributed by atoms with Crippen LogP contribution in [0.4, 0.5) is 4.79 Å². The van der Waals surface area contributed by atoms with Crippen LogP contribution < -0.4 is 10.0 Å². The average molecular weight is 419 g/mol. The van der Waals surface area contributed by atoms with Crippen molar-refractivity contribution in [2.45, 2.75) is 4.75 Å². The Morgan fingerprint density at radius 2 is 2.21 bits per heavy atom. The molecule has 28 heavy (non-hydrogen) atoms. The lowest BCUT2D eigenvalue weighted by Gasteiger charge is -2.31. The number of thiazole rings is 1. The molecule has 0 aliphatic carbocycles. The van der Waals surface area contributed by atoms with Gasteiger partial charge in [-0.3, -0.25) is 24.7 Å². The van der Waals surface area contributed by atoms with Gasteiger partial charge in [-0.25, -0.2) is 4.79 Å². The van der Waals surface area contributed by atoms with Gasteiger partial charge in [-0.05, 0) is 24.1 Å². The maximum absolute atomic E-state index is 12.3. The molecule has 9 heteroatoms. The normalized spacial score (nSPS) is 22.0. The van der Waals surface area contributed by atoms with Gasteiger partial charge in [0.2, 0.25) is 0 Å². The number of likely N-dealkylation sites (tertiary alicyclic amines) is 1. The van der Waals surface area contributed by atoms with Crippen molar-refractivity contribution in [2.75, 3.05) is 26.2 Å². The van der Waals surface area contributed by atoms with Gasteiger partial charge >= 0.3 is 6.03 Å². The molecule has 2 heterocycles. The lowest BCUT2D eigenvalue weighted by atomic mass is 9.94. The molecule has 0 saturated carbocycles. The van der Waals surface area contributed by atoms with E-state index in [1.54, 1.807) is 42.0 Å². The van der Waals surface area contributed by atoms with Gasteiger partial charge in [-0.1, -0.05) is 24.3 Å². The van der Waals surface area contributed by atoms with Crippen molar-refractivity contribution in [3.05, 3.63) is 65.1 Å². The Bertz CT molecular complexity index is 816. The van der Waals surface area contributed by atoms with Crippen LogP contribution >= 0.6 is 23.3 Å². The first-order valence-electron chi connectivity index (χ1n) is 8.76. The number of hydrogen-bond donors (Lipinski definition) is 3. The molecule has 7 nitrogen and oxygen atoms in total. The van der Waals surface area contributed by atoms with Gasteiger partial charge in [-0.15, -0.1) is 17.9 Å². The third kappa shape index (κ3) is 4.44. The monoisotopic (exact) mass is 418 g/mol. The Balaban J connectivity index is 1.71. The van der Waals surface area contributed by atoms with E-state index in [0.717, 1.165) is 4.88 Å². The van der Waals surface area contributed by atoms with Gasteiger partial charge in [0.25, 0.3) is 5.91 Å². The van der Waals surface area contributed by atoms with Gasteiger partial charge in [0.05, 0.1) is 10.3 Å². The van der Waals surface area contributed by atoms with Crippen LogP contribution in [-0.2, 0) is 4.75 Å². The molecule has 1 aliphatic heterocycles. The molecule has 0 spiro atoms. The summed E-state index contributed by atoms with van der Waals surface area (Å²) < 4.78 is 2.19. The molecule has 2 atom stereocenters. The highest BCUT2D eigenvalue weighted by atomic mass is 32.2. The van der Waals surface area contributed by atoms with Crippen LogP contribution in [-0.4, -0.2) is 53.2 Å². The number of urea groups is 1. The molecule has 0 radical (unpaired) electrons. The fourth-order valence-electron chi connectivity index (χ4n) is 3.31. The number of aliphatic hydroxyl groups excluding tert-OH is 1. The van der Waals surface area contributed by atoms with E-state index in [2.05, 4.69) is 26.5 Å². The number of amides is 3. The van der Waals surface area contributed by atoms with Crippen LogP contribution in [0.2, 0.25) is 0 Å². The molecule has 1 saturated heterocycles. The number of aliphatic hydroxyl groups is 1. The Hall–Kier alpha value is -2.20. The van der Waals surface area contributed by atoms with E-state index < -0.39 is 16.7 Å². The topological polar surface area (TPSA) is 94.6 Å². The van der Waals surface area contributed by atoms with E-state index in [1.807, 2.05) is 6.08 Å². The third-order valence-electron chi connectivity index (χ3n) is 4.64. The summed E-state index contributed by atoms with van der Waals surface area (Å²) in [6.07, 6.45) is 3.59. The second kappa shape index (κ2) is 9.33. The summed E-state index contributed by atoms with van der Waals surface area (Å²) in [5.74, 6) is -0.563. The molecule has 1 aliphatic rings. The summed E-state index contributed by atoms with van der Waals surface area (Å²) in [5, 5.41) is 12.3. The van der Waals surface area contributed by atoms with Crippen molar-refractivity contribution in [1.82, 2.24) is 19.9 Å². The Morgan fingerprint density at radius 1 is 1.43 bits per heavy atom. The van der Waals surface area contributed by atoms with Gasteiger partial charge < -0.3 is 5.11 Å². The quantitative estimate of drug-likeness (QED) is 0.472. The molecule has 0 bridgehead atoms. The zero-order valence-electron chi connectivity index (χ0n) is 15.2. The number of nitrogens with one attached hydrogen (secondary N) is 2. The second-order valence-corrected chi connectivity index (χ2v) is 8.49. The van der Waals surface area contributed by atoms with Gasteiger partial charge in [0.15, 0.2) is 0 Å². The van der Waals surface area contributed by atoms with Crippen LogP contribution in [0.15, 0.2) is 54.7 Å². The third-order valence-corrected chi connectivity index (χ3v) is 7.06. The molecule has 3 amide bonds. The molecule has 2 unspecified atom stereocenters. The molecule has 1 aromatic carbocycles. The summed E-state index contributed by atoms with van der Waals surface area (Å²) in [4.78, 5) is 31.8. The van der Waals surface area contributed by atoms with E-state index in [1.165, 1.54) is 23.3 Å². The molecule has 1 aromatic heterocycles. The summed E-state index contributed by atoms with van der Waals surface area (Å²) >= 11 is 2.70. The molecular weight excluding hydrogens is 396 g/mol. The van der Waals surface area contributed by atoms with Gasteiger partial charge in [0.1, 0.15) is 0 Å². The minimum absolute atomic E-state index is 0.0230. The molecule has 2 aromatic rings. The number of hydrogen-bond acceptors (Lipinski definition) is 7.